The summed E-state index contributed by atoms with van der Waals surface area (Å²) in [4.78, 5) is 2.36. The van der Waals surface area contributed by atoms with Crippen molar-refractivity contribution in [3.63, 3.8) is 0 Å². The molecule has 0 N–H and O–H groups in total. The van der Waals surface area contributed by atoms with Gasteiger partial charge in [0.2, 0.25) is 0 Å². The molecule has 0 atom stereocenters. The summed E-state index contributed by atoms with van der Waals surface area (Å²) in [6.07, 6.45) is 0. The standard InChI is InChI=1S/C54H34N2OS/c1-2-12-38(13-3-1)55(39-27-22-35(23-28-39)37-26-31-53-47(32-37)45-17-7-11-21-52(45)58-53)41-33-46(54-48(34-41)44-16-6-10-20-51(44)57-54)36-24-29-40(30-25-36)56-49-18-8-4-14-42(49)43-15-5-9-19-50(43)56/h1-34H. The van der Waals surface area contributed by atoms with Crippen LogP contribution in [0, 0.1) is 0 Å². The van der Waals surface area contributed by atoms with E-state index >= 15 is 0 Å². The highest BCUT2D eigenvalue weighted by Gasteiger charge is 2.20. The van der Waals surface area contributed by atoms with E-state index in [4.69, 9.17) is 4.42 Å². The fourth-order valence-electron chi connectivity index (χ4n) is 8.88. The summed E-state index contributed by atoms with van der Waals surface area (Å²) < 4.78 is 11.7. The minimum absolute atomic E-state index is 0.879. The van der Waals surface area contributed by atoms with Crippen LogP contribution in [0.2, 0.25) is 0 Å². The van der Waals surface area contributed by atoms with Crippen LogP contribution in [0.5, 0.6) is 0 Å². The smallest absolute Gasteiger partial charge is 0.143 e. The maximum absolute atomic E-state index is 6.70. The fraction of sp³-hybridized carbons (Fsp3) is 0. The van der Waals surface area contributed by atoms with Crippen LogP contribution in [0.1, 0.15) is 0 Å². The van der Waals surface area contributed by atoms with Gasteiger partial charge in [0.15, 0.2) is 0 Å². The van der Waals surface area contributed by atoms with Crippen LogP contribution < -0.4 is 4.90 Å². The van der Waals surface area contributed by atoms with Crippen LogP contribution in [0.15, 0.2) is 211 Å². The molecule has 0 saturated carbocycles. The molecule has 0 bridgehead atoms. The second-order valence-corrected chi connectivity index (χ2v) is 16.0. The summed E-state index contributed by atoms with van der Waals surface area (Å²) in [6, 6.07) is 74.4. The van der Waals surface area contributed by atoms with Crippen molar-refractivity contribution in [3.05, 3.63) is 206 Å². The molecule has 0 spiro atoms. The zero-order valence-corrected chi connectivity index (χ0v) is 32.2. The van der Waals surface area contributed by atoms with Crippen LogP contribution in [-0.4, -0.2) is 4.57 Å². The summed E-state index contributed by atoms with van der Waals surface area (Å²) in [5.41, 5.74) is 13.0. The molecule has 3 nitrogen and oxygen atoms in total. The molecule has 12 aromatic rings. The number of hydrogen-bond donors (Lipinski definition) is 0. The number of furan rings is 1. The first-order chi connectivity index (χ1) is 28.7. The molecule has 12 rings (SSSR count). The number of nitrogens with zero attached hydrogens (tertiary/aromatic N) is 2. The number of hydrogen-bond acceptors (Lipinski definition) is 3. The van der Waals surface area contributed by atoms with E-state index in [0.29, 0.717) is 0 Å². The van der Waals surface area contributed by atoms with Crippen LogP contribution in [0.4, 0.5) is 17.1 Å². The second-order valence-electron chi connectivity index (χ2n) is 14.9. The predicted octanol–water partition coefficient (Wildman–Crippen LogP) is 15.9. The first-order valence-electron chi connectivity index (χ1n) is 19.7. The lowest BCUT2D eigenvalue weighted by molar-refractivity contribution is 0.670. The monoisotopic (exact) mass is 758 g/mol. The highest BCUT2D eigenvalue weighted by Crippen LogP contribution is 2.44. The largest absolute Gasteiger partial charge is 0.455 e. The molecule has 9 aromatic carbocycles. The lowest BCUT2D eigenvalue weighted by Gasteiger charge is -2.26. The molecule has 4 heteroatoms. The Balaban J connectivity index is 1.00. The van der Waals surface area contributed by atoms with Gasteiger partial charge in [0.25, 0.3) is 0 Å². The third-order valence-corrected chi connectivity index (χ3v) is 12.7. The molecule has 0 amide bonds. The maximum Gasteiger partial charge on any atom is 0.143 e. The number of para-hydroxylation sites is 4. The van der Waals surface area contributed by atoms with Gasteiger partial charge in [-0.2, -0.15) is 0 Å². The fourth-order valence-corrected chi connectivity index (χ4v) is 9.97. The highest BCUT2D eigenvalue weighted by molar-refractivity contribution is 7.25. The van der Waals surface area contributed by atoms with Crippen molar-refractivity contribution in [2.45, 2.75) is 0 Å². The van der Waals surface area contributed by atoms with Crippen LogP contribution >= 0.6 is 11.3 Å². The van der Waals surface area contributed by atoms with E-state index in [1.54, 1.807) is 0 Å². The van der Waals surface area contributed by atoms with E-state index in [1.807, 2.05) is 17.4 Å². The molecule has 3 heterocycles. The average Bonchev–Trinajstić information content (AvgIpc) is 3.96. The Bertz CT molecular complexity index is 3450. The van der Waals surface area contributed by atoms with Crippen molar-refractivity contribution < 1.29 is 4.42 Å². The SMILES string of the molecule is c1ccc(N(c2ccc(-c3ccc4sc5ccccc5c4c3)cc2)c2cc(-c3ccc(-n4c5ccccc5c5ccccc54)cc3)c3oc4ccccc4c3c2)cc1. The molecule has 0 aliphatic carbocycles. The number of fused-ring (bicyclic) bond motifs is 9. The van der Waals surface area contributed by atoms with Crippen molar-refractivity contribution in [1.82, 2.24) is 4.57 Å². The summed E-state index contributed by atoms with van der Waals surface area (Å²) >= 11 is 1.85. The lowest BCUT2D eigenvalue weighted by Crippen LogP contribution is -2.10. The minimum Gasteiger partial charge on any atom is -0.455 e. The van der Waals surface area contributed by atoms with Crippen molar-refractivity contribution >= 4 is 92.3 Å². The summed E-state index contributed by atoms with van der Waals surface area (Å²) in [5.74, 6) is 0. The van der Waals surface area contributed by atoms with Gasteiger partial charge in [-0.15, -0.1) is 11.3 Å². The molecular weight excluding hydrogens is 725 g/mol. The van der Waals surface area contributed by atoms with E-state index in [-0.39, 0.29) is 0 Å². The molecule has 58 heavy (non-hydrogen) atoms. The predicted molar refractivity (Wildman–Crippen MR) is 247 cm³/mol. The zero-order chi connectivity index (χ0) is 38.2. The quantitative estimate of drug-likeness (QED) is 0.168. The maximum atomic E-state index is 6.70. The molecule has 272 valence electrons. The van der Waals surface area contributed by atoms with Gasteiger partial charge < -0.3 is 13.9 Å². The van der Waals surface area contributed by atoms with Gasteiger partial charge in [0.1, 0.15) is 11.2 Å². The Kier molecular flexibility index (Phi) is 7.40. The summed E-state index contributed by atoms with van der Waals surface area (Å²) in [6.45, 7) is 0. The van der Waals surface area contributed by atoms with Gasteiger partial charge >= 0.3 is 0 Å². The van der Waals surface area contributed by atoms with Crippen LogP contribution in [0.3, 0.4) is 0 Å². The van der Waals surface area contributed by atoms with Crippen molar-refractivity contribution in [3.8, 4) is 27.9 Å². The number of benzene rings is 9. The molecule has 0 radical (unpaired) electrons. The van der Waals surface area contributed by atoms with E-state index in [0.717, 1.165) is 55.8 Å². The van der Waals surface area contributed by atoms with E-state index < -0.39 is 0 Å². The van der Waals surface area contributed by atoms with Gasteiger partial charge in [-0.3, -0.25) is 0 Å². The first-order valence-corrected chi connectivity index (χ1v) is 20.5. The van der Waals surface area contributed by atoms with E-state index in [9.17, 15) is 0 Å². The van der Waals surface area contributed by atoms with Gasteiger partial charge in [-0.1, -0.05) is 121 Å². The minimum atomic E-state index is 0.879. The summed E-state index contributed by atoms with van der Waals surface area (Å²) in [7, 11) is 0. The van der Waals surface area contributed by atoms with E-state index in [2.05, 4.69) is 210 Å². The molecule has 0 aliphatic heterocycles. The number of anilines is 3. The Morgan fingerprint density at radius 3 is 1.72 bits per heavy atom. The number of rotatable bonds is 6. The topological polar surface area (TPSA) is 21.3 Å². The molecular formula is C54H34N2OS. The first kappa shape index (κ1) is 32.8. The third kappa shape index (κ3) is 5.19. The summed E-state index contributed by atoms with van der Waals surface area (Å²) in [5, 5.41) is 7.32. The van der Waals surface area contributed by atoms with Crippen molar-refractivity contribution in [2.75, 3.05) is 4.90 Å². The van der Waals surface area contributed by atoms with Gasteiger partial charge in [0, 0.05) is 70.0 Å². The Labute approximate surface area is 338 Å². The van der Waals surface area contributed by atoms with Gasteiger partial charge in [-0.25, -0.2) is 0 Å². The zero-order valence-electron chi connectivity index (χ0n) is 31.3. The molecule has 0 unspecified atom stereocenters. The van der Waals surface area contributed by atoms with Crippen LogP contribution in [0.25, 0.3) is 91.9 Å². The third-order valence-electron chi connectivity index (χ3n) is 11.6. The van der Waals surface area contributed by atoms with Crippen molar-refractivity contribution in [2.24, 2.45) is 0 Å². The molecule has 0 aliphatic rings. The number of thiophene rings is 1. The normalized spacial score (nSPS) is 11.8. The number of aromatic nitrogens is 1. The lowest BCUT2D eigenvalue weighted by atomic mass is 9.99. The second kappa shape index (κ2) is 13.1. The van der Waals surface area contributed by atoms with E-state index in [1.165, 1.54) is 53.1 Å². The van der Waals surface area contributed by atoms with Crippen LogP contribution in [-0.2, 0) is 0 Å². The average molecular weight is 759 g/mol. The Morgan fingerprint density at radius 2 is 0.966 bits per heavy atom. The van der Waals surface area contributed by atoms with Gasteiger partial charge in [0.05, 0.1) is 11.0 Å². The van der Waals surface area contributed by atoms with Gasteiger partial charge in [-0.05, 0) is 102 Å². The molecule has 0 fully saturated rings. The molecule has 0 saturated heterocycles. The Morgan fingerprint density at radius 1 is 0.379 bits per heavy atom. The van der Waals surface area contributed by atoms with Crippen molar-refractivity contribution in [1.29, 1.82) is 0 Å². The molecule has 3 aromatic heterocycles. The highest BCUT2D eigenvalue weighted by atomic mass is 32.1. The Hall–Kier alpha value is -7.40.